The largest absolute Gasteiger partial charge is 0.456 e. The Bertz CT molecular complexity index is 2330. The Labute approximate surface area is 275 Å². The molecule has 1 aromatic heterocycles. The van der Waals surface area contributed by atoms with Crippen LogP contribution in [-0.4, -0.2) is 0 Å². The summed E-state index contributed by atoms with van der Waals surface area (Å²) in [6.45, 7) is 0. The van der Waals surface area contributed by atoms with Crippen molar-refractivity contribution in [3.8, 4) is 44.5 Å². The van der Waals surface area contributed by atoms with E-state index >= 15 is 0 Å². The predicted molar refractivity (Wildman–Crippen MR) is 198 cm³/mol. The van der Waals surface area contributed by atoms with Crippen molar-refractivity contribution in [3.63, 3.8) is 0 Å². The summed E-state index contributed by atoms with van der Waals surface area (Å²) in [6, 6.07) is 59.7. The molecule has 2 heteroatoms. The minimum absolute atomic E-state index is 0.740. The van der Waals surface area contributed by atoms with Crippen LogP contribution in [-0.2, 0) is 6.42 Å². The number of rotatable bonds is 7. The maximum Gasteiger partial charge on any atom is 0.136 e. The van der Waals surface area contributed by atoms with Crippen molar-refractivity contribution in [3.05, 3.63) is 187 Å². The molecular weight excluding hydrogens is 571 g/mol. The molecule has 0 aliphatic carbocycles. The zero-order valence-corrected chi connectivity index (χ0v) is 25.9. The molecule has 0 aliphatic rings. The van der Waals surface area contributed by atoms with Gasteiger partial charge in [-0.05, 0) is 74.7 Å². The molecule has 0 fully saturated rings. The number of nitrogens with two attached hydrogens (primary N) is 1. The van der Waals surface area contributed by atoms with Crippen molar-refractivity contribution >= 4 is 27.6 Å². The van der Waals surface area contributed by atoms with Gasteiger partial charge < -0.3 is 10.2 Å². The smallest absolute Gasteiger partial charge is 0.136 e. The van der Waals surface area contributed by atoms with E-state index in [-0.39, 0.29) is 0 Å². The summed E-state index contributed by atoms with van der Waals surface area (Å²) in [6.07, 6.45) is 2.85. The predicted octanol–water partition coefficient (Wildman–Crippen LogP) is 11.8. The molecule has 2 N–H and O–H groups in total. The molecule has 47 heavy (non-hydrogen) atoms. The lowest BCUT2D eigenvalue weighted by Crippen LogP contribution is -1.98. The Hall–Kier alpha value is -6.12. The van der Waals surface area contributed by atoms with E-state index in [9.17, 15) is 0 Å². The highest BCUT2D eigenvalue weighted by molar-refractivity contribution is 6.11. The van der Waals surface area contributed by atoms with Gasteiger partial charge in [-0.25, -0.2) is 0 Å². The van der Waals surface area contributed by atoms with Crippen LogP contribution in [0.2, 0.25) is 0 Å². The number of hydrogen-bond donors (Lipinski definition) is 1. The van der Waals surface area contributed by atoms with Crippen LogP contribution >= 0.6 is 0 Å². The van der Waals surface area contributed by atoms with Gasteiger partial charge in [-0.15, -0.1) is 0 Å². The van der Waals surface area contributed by atoms with Crippen LogP contribution in [0.15, 0.2) is 180 Å². The quantitative estimate of drug-likeness (QED) is 0.197. The van der Waals surface area contributed by atoms with E-state index in [1.54, 1.807) is 0 Å². The van der Waals surface area contributed by atoms with E-state index in [0.29, 0.717) is 0 Å². The normalized spacial score (nSPS) is 11.7. The summed E-state index contributed by atoms with van der Waals surface area (Å²) in [7, 11) is 0. The van der Waals surface area contributed by atoms with E-state index in [0.717, 1.165) is 50.7 Å². The van der Waals surface area contributed by atoms with E-state index in [4.69, 9.17) is 10.2 Å². The summed E-state index contributed by atoms with van der Waals surface area (Å²) in [5, 5.41) is 2.12. The first-order chi connectivity index (χ1) is 23.2. The van der Waals surface area contributed by atoms with Crippen molar-refractivity contribution in [2.45, 2.75) is 6.42 Å². The monoisotopic (exact) mass is 603 g/mol. The lowest BCUT2D eigenvalue weighted by molar-refractivity contribution is 0.669. The summed E-state index contributed by atoms with van der Waals surface area (Å²) in [5.41, 5.74) is 21.0. The second kappa shape index (κ2) is 12.3. The molecule has 2 nitrogen and oxygen atoms in total. The number of hydrogen-bond acceptors (Lipinski definition) is 2. The van der Waals surface area contributed by atoms with Gasteiger partial charge >= 0.3 is 0 Å². The van der Waals surface area contributed by atoms with E-state index in [2.05, 4.69) is 152 Å². The topological polar surface area (TPSA) is 39.2 Å². The summed E-state index contributed by atoms with van der Waals surface area (Å²) < 4.78 is 6.28. The Balaban J connectivity index is 1.04. The Morgan fingerprint density at radius 2 is 0.915 bits per heavy atom. The number of allylic oxidation sites excluding steroid dienone is 1. The number of furan rings is 1. The Kier molecular flexibility index (Phi) is 7.45. The molecule has 0 spiro atoms. The standard InChI is InChI=1S/C45H33NO/c46-42(28-16-31-14-17-34(18-15-31)37-21-19-35(20-22-37)32-8-3-1-4-9-32)40-12-7-13-44-45(40)41-30-39(27-29-43(41)47-44)38-25-23-36(24-26-38)33-10-5-2-6-11-33/h1-15,17-30H,16,46H2/b42-28-. The van der Waals surface area contributed by atoms with Crippen molar-refractivity contribution in [1.82, 2.24) is 0 Å². The molecule has 0 saturated heterocycles. The van der Waals surface area contributed by atoms with Gasteiger partial charge in [0, 0.05) is 22.0 Å². The van der Waals surface area contributed by atoms with Crippen LogP contribution in [0.5, 0.6) is 0 Å². The van der Waals surface area contributed by atoms with Crippen molar-refractivity contribution < 1.29 is 4.42 Å². The first-order valence-electron chi connectivity index (χ1n) is 16.0. The Morgan fingerprint density at radius 3 is 1.47 bits per heavy atom. The average molecular weight is 604 g/mol. The second-order valence-electron chi connectivity index (χ2n) is 11.9. The third-order valence-electron chi connectivity index (χ3n) is 8.97. The van der Waals surface area contributed by atoms with Crippen LogP contribution < -0.4 is 5.73 Å². The molecule has 224 valence electrons. The summed E-state index contributed by atoms with van der Waals surface area (Å²) in [5.74, 6) is 0. The molecule has 8 rings (SSSR count). The summed E-state index contributed by atoms with van der Waals surface area (Å²) >= 11 is 0. The van der Waals surface area contributed by atoms with E-state index < -0.39 is 0 Å². The molecule has 8 aromatic rings. The number of benzene rings is 7. The fourth-order valence-corrected chi connectivity index (χ4v) is 6.39. The minimum atomic E-state index is 0.740. The zero-order valence-electron chi connectivity index (χ0n) is 25.9. The third-order valence-corrected chi connectivity index (χ3v) is 8.97. The highest BCUT2D eigenvalue weighted by Gasteiger charge is 2.14. The molecular formula is C45H33NO. The molecule has 0 aliphatic heterocycles. The molecule has 0 bridgehead atoms. The van der Waals surface area contributed by atoms with Gasteiger partial charge in [-0.3, -0.25) is 0 Å². The zero-order chi connectivity index (χ0) is 31.6. The lowest BCUT2D eigenvalue weighted by atomic mass is 9.97. The van der Waals surface area contributed by atoms with Gasteiger partial charge in [-0.2, -0.15) is 0 Å². The summed E-state index contributed by atoms with van der Waals surface area (Å²) in [4.78, 5) is 0. The maximum absolute atomic E-state index is 6.78. The molecule has 0 amide bonds. The van der Waals surface area contributed by atoms with Gasteiger partial charge in [-0.1, -0.05) is 158 Å². The molecule has 0 saturated carbocycles. The van der Waals surface area contributed by atoms with Crippen LogP contribution in [0, 0.1) is 0 Å². The van der Waals surface area contributed by atoms with E-state index in [1.807, 2.05) is 24.3 Å². The highest BCUT2D eigenvalue weighted by Crippen LogP contribution is 2.36. The Morgan fingerprint density at radius 1 is 0.447 bits per heavy atom. The van der Waals surface area contributed by atoms with Gasteiger partial charge in [0.25, 0.3) is 0 Å². The highest BCUT2D eigenvalue weighted by atomic mass is 16.3. The first-order valence-corrected chi connectivity index (χ1v) is 16.0. The molecule has 0 atom stereocenters. The van der Waals surface area contributed by atoms with Crippen molar-refractivity contribution in [2.24, 2.45) is 5.73 Å². The maximum atomic E-state index is 6.78. The number of fused-ring (bicyclic) bond motifs is 3. The van der Waals surface area contributed by atoms with Crippen molar-refractivity contribution in [2.75, 3.05) is 0 Å². The first kappa shape index (κ1) is 28.4. The second-order valence-corrected chi connectivity index (χ2v) is 11.9. The van der Waals surface area contributed by atoms with E-state index in [1.165, 1.54) is 38.9 Å². The van der Waals surface area contributed by atoms with Crippen LogP contribution in [0.25, 0.3) is 72.1 Å². The fraction of sp³-hybridized carbons (Fsp3) is 0.0222. The van der Waals surface area contributed by atoms with Crippen LogP contribution in [0.3, 0.4) is 0 Å². The van der Waals surface area contributed by atoms with Gasteiger partial charge in [0.1, 0.15) is 11.2 Å². The fourth-order valence-electron chi connectivity index (χ4n) is 6.39. The SMILES string of the molecule is N/C(=C\Cc1ccc(-c2ccc(-c3ccccc3)cc2)cc1)c1cccc2oc3ccc(-c4ccc(-c5ccccc5)cc4)cc3c12. The molecule has 1 heterocycles. The molecule has 0 radical (unpaired) electrons. The van der Waals surface area contributed by atoms with Crippen molar-refractivity contribution in [1.29, 1.82) is 0 Å². The molecule has 7 aromatic carbocycles. The van der Waals surface area contributed by atoms with Gasteiger partial charge in [0.2, 0.25) is 0 Å². The average Bonchev–Trinajstić information content (AvgIpc) is 3.53. The van der Waals surface area contributed by atoms with Gasteiger partial charge in [0.05, 0.1) is 0 Å². The van der Waals surface area contributed by atoms with Gasteiger partial charge in [0.15, 0.2) is 0 Å². The minimum Gasteiger partial charge on any atom is -0.456 e. The van der Waals surface area contributed by atoms with Crippen LogP contribution in [0.4, 0.5) is 0 Å². The lowest BCUT2D eigenvalue weighted by Gasteiger charge is -2.08. The molecule has 0 unspecified atom stereocenters. The van der Waals surface area contributed by atoms with Crippen LogP contribution in [0.1, 0.15) is 11.1 Å². The third kappa shape index (κ3) is 5.74.